The number of ether oxygens (including phenoxy) is 1. The highest BCUT2D eigenvalue weighted by molar-refractivity contribution is 9.10. The smallest absolute Gasteiger partial charge is 0.158 e. The zero-order valence-corrected chi connectivity index (χ0v) is 11.4. The van der Waals surface area contributed by atoms with E-state index in [1.807, 2.05) is 24.3 Å². The summed E-state index contributed by atoms with van der Waals surface area (Å²) < 4.78 is 5.98. The van der Waals surface area contributed by atoms with E-state index >= 15 is 0 Å². The molecule has 0 aliphatic rings. The molecule has 0 saturated carbocycles. The van der Waals surface area contributed by atoms with Gasteiger partial charge in [0.15, 0.2) is 5.82 Å². The van der Waals surface area contributed by atoms with Crippen molar-refractivity contribution in [3.8, 4) is 0 Å². The third kappa shape index (κ3) is 3.41. The van der Waals surface area contributed by atoms with Crippen molar-refractivity contribution >= 4 is 33.3 Å². The molecule has 0 atom stereocenters. The molecule has 5 nitrogen and oxygen atoms in total. The summed E-state index contributed by atoms with van der Waals surface area (Å²) in [5, 5.41) is 3.17. The second-order valence-corrected chi connectivity index (χ2v) is 4.58. The predicted molar refractivity (Wildman–Crippen MR) is 74.6 cm³/mol. The minimum Gasteiger partial charge on any atom is -0.384 e. The highest BCUT2D eigenvalue weighted by Crippen LogP contribution is 2.20. The number of aromatic nitrogens is 2. The SMILES string of the molecule is COCc1nc(N)cc(Nc2cccc(Br)c2)n1. The van der Waals surface area contributed by atoms with Gasteiger partial charge in [-0.3, -0.25) is 0 Å². The van der Waals surface area contributed by atoms with Crippen LogP contribution in [0.5, 0.6) is 0 Å². The fraction of sp³-hybridized carbons (Fsp3) is 0.167. The van der Waals surface area contributed by atoms with E-state index in [9.17, 15) is 0 Å². The molecule has 0 amide bonds. The van der Waals surface area contributed by atoms with Gasteiger partial charge >= 0.3 is 0 Å². The van der Waals surface area contributed by atoms with Crippen molar-refractivity contribution in [1.82, 2.24) is 9.97 Å². The van der Waals surface area contributed by atoms with Crippen LogP contribution in [0.2, 0.25) is 0 Å². The Morgan fingerprint density at radius 3 is 2.89 bits per heavy atom. The topological polar surface area (TPSA) is 73.1 Å². The summed E-state index contributed by atoms with van der Waals surface area (Å²) >= 11 is 3.41. The molecule has 3 N–H and O–H groups in total. The van der Waals surface area contributed by atoms with Crippen LogP contribution in [-0.2, 0) is 11.3 Å². The minimum atomic E-state index is 0.332. The Bertz CT molecular complexity index is 547. The number of nitrogen functional groups attached to an aromatic ring is 1. The Morgan fingerprint density at radius 1 is 1.33 bits per heavy atom. The summed E-state index contributed by atoms with van der Waals surface area (Å²) in [5.74, 6) is 1.61. The van der Waals surface area contributed by atoms with Crippen molar-refractivity contribution in [1.29, 1.82) is 0 Å². The van der Waals surface area contributed by atoms with Gasteiger partial charge in [-0.15, -0.1) is 0 Å². The fourth-order valence-electron chi connectivity index (χ4n) is 1.49. The molecule has 0 aliphatic heterocycles. The van der Waals surface area contributed by atoms with Gasteiger partial charge in [-0.25, -0.2) is 9.97 Å². The predicted octanol–water partition coefficient (Wildman–Crippen LogP) is 2.71. The van der Waals surface area contributed by atoms with Crippen LogP contribution in [0.15, 0.2) is 34.8 Å². The van der Waals surface area contributed by atoms with Gasteiger partial charge < -0.3 is 15.8 Å². The van der Waals surface area contributed by atoms with Crippen LogP contribution in [0.1, 0.15) is 5.82 Å². The highest BCUT2D eigenvalue weighted by atomic mass is 79.9. The summed E-state index contributed by atoms with van der Waals surface area (Å²) in [6.07, 6.45) is 0. The van der Waals surface area contributed by atoms with Crippen LogP contribution in [0.3, 0.4) is 0 Å². The normalized spacial score (nSPS) is 10.3. The second-order valence-electron chi connectivity index (χ2n) is 3.66. The molecule has 1 aromatic carbocycles. The largest absolute Gasteiger partial charge is 0.384 e. The number of rotatable bonds is 4. The van der Waals surface area contributed by atoms with E-state index in [4.69, 9.17) is 10.5 Å². The van der Waals surface area contributed by atoms with Gasteiger partial charge in [0.2, 0.25) is 0 Å². The molecule has 1 heterocycles. The maximum absolute atomic E-state index is 5.72. The number of nitrogens with zero attached hydrogens (tertiary/aromatic N) is 2. The summed E-state index contributed by atoms with van der Waals surface area (Å²) in [4.78, 5) is 8.38. The number of methoxy groups -OCH3 is 1. The van der Waals surface area contributed by atoms with E-state index in [1.165, 1.54) is 0 Å². The lowest BCUT2D eigenvalue weighted by Gasteiger charge is -2.08. The number of nitrogens with two attached hydrogens (primary N) is 1. The van der Waals surface area contributed by atoms with Crippen LogP contribution in [0, 0.1) is 0 Å². The number of hydrogen-bond donors (Lipinski definition) is 2. The van der Waals surface area contributed by atoms with Crippen LogP contribution < -0.4 is 11.1 Å². The Morgan fingerprint density at radius 2 is 2.17 bits per heavy atom. The van der Waals surface area contributed by atoms with Crippen LogP contribution in [0.25, 0.3) is 0 Å². The van der Waals surface area contributed by atoms with Crippen molar-refractivity contribution in [2.24, 2.45) is 0 Å². The van der Waals surface area contributed by atoms with Gasteiger partial charge in [0.25, 0.3) is 0 Å². The number of nitrogens with one attached hydrogen (secondary N) is 1. The quantitative estimate of drug-likeness (QED) is 0.908. The van der Waals surface area contributed by atoms with Crippen LogP contribution >= 0.6 is 15.9 Å². The number of anilines is 3. The van der Waals surface area contributed by atoms with Crippen molar-refractivity contribution in [2.75, 3.05) is 18.2 Å². The molecule has 94 valence electrons. The molecule has 18 heavy (non-hydrogen) atoms. The van der Waals surface area contributed by atoms with Crippen molar-refractivity contribution < 1.29 is 4.74 Å². The lowest BCUT2D eigenvalue weighted by Crippen LogP contribution is -2.04. The molecule has 0 unspecified atom stereocenters. The third-order valence-electron chi connectivity index (χ3n) is 2.16. The molecule has 0 radical (unpaired) electrons. The summed E-state index contributed by atoms with van der Waals surface area (Å²) in [7, 11) is 1.59. The van der Waals surface area contributed by atoms with Gasteiger partial charge in [0, 0.05) is 23.3 Å². The van der Waals surface area contributed by atoms with Gasteiger partial charge in [-0.05, 0) is 18.2 Å². The van der Waals surface area contributed by atoms with E-state index in [1.54, 1.807) is 13.2 Å². The molecule has 0 spiro atoms. The first-order valence-electron chi connectivity index (χ1n) is 5.32. The van der Waals surface area contributed by atoms with Gasteiger partial charge in [0.1, 0.15) is 18.2 Å². The average molecular weight is 309 g/mol. The lowest BCUT2D eigenvalue weighted by molar-refractivity contribution is 0.178. The van der Waals surface area contributed by atoms with E-state index in [0.29, 0.717) is 24.1 Å². The maximum atomic E-state index is 5.72. The molecule has 6 heteroatoms. The van der Waals surface area contributed by atoms with E-state index in [0.717, 1.165) is 10.2 Å². The van der Waals surface area contributed by atoms with E-state index in [-0.39, 0.29) is 0 Å². The number of benzene rings is 1. The minimum absolute atomic E-state index is 0.332. The van der Waals surface area contributed by atoms with Crippen LogP contribution in [0.4, 0.5) is 17.3 Å². The molecule has 0 aliphatic carbocycles. The maximum Gasteiger partial charge on any atom is 0.158 e. The number of halogens is 1. The van der Waals surface area contributed by atoms with Gasteiger partial charge in [0.05, 0.1) is 0 Å². The second kappa shape index (κ2) is 5.79. The standard InChI is InChI=1S/C12H13BrN4O/c1-18-7-12-16-10(14)6-11(17-12)15-9-4-2-3-8(13)5-9/h2-6H,7H2,1H3,(H3,14,15,16,17). The first kappa shape index (κ1) is 12.8. The van der Waals surface area contributed by atoms with Crippen molar-refractivity contribution in [3.63, 3.8) is 0 Å². The molecule has 0 fully saturated rings. The molecule has 1 aromatic heterocycles. The first-order chi connectivity index (χ1) is 8.67. The third-order valence-corrected chi connectivity index (χ3v) is 2.66. The van der Waals surface area contributed by atoms with Crippen molar-refractivity contribution in [2.45, 2.75) is 6.61 Å². The first-order valence-corrected chi connectivity index (χ1v) is 6.11. The Balaban J connectivity index is 2.23. The monoisotopic (exact) mass is 308 g/mol. The Labute approximate surface area is 114 Å². The lowest BCUT2D eigenvalue weighted by atomic mass is 10.3. The summed E-state index contributed by atoms with van der Waals surface area (Å²) in [6, 6.07) is 9.47. The number of hydrogen-bond acceptors (Lipinski definition) is 5. The zero-order chi connectivity index (χ0) is 13.0. The summed E-state index contributed by atoms with van der Waals surface area (Å²) in [5.41, 5.74) is 6.64. The summed E-state index contributed by atoms with van der Waals surface area (Å²) in [6.45, 7) is 0.332. The fourth-order valence-corrected chi connectivity index (χ4v) is 1.89. The van der Waals surface area contributed by atoms with Gasteiger partial charge in [-0.1, -0.05) is 22.0 Å². The highest BCUT2D eigenvalue weighted by Gasteiger charge is 2.03. The van der Waals surface area contributed by atoms with Gasteiger partial charge in [-0.2, -0.15) is 0 Å². The molecule has 2 rings (SSSR count). The van der Waals surface area contributed by atoms with E-state index in [2.05, 4.69) is 31.2 Å². The molecular weight excluding hydrogens is 296 g/mol. The van der Waals surface area contributed by atoms with Crippen LogP contribution in [-0.4, -0.2) is 17.1 Å². The molecule has 0 bridgehead atoms. The molecule has 2 aromatic rings. The Hall–Kier alpha value is -1.66. The van der Waals surface area contributed by atoms with Crippen molar-refractivity contribution in [3.05, 3.63) is 40.6 Å². The molecular formula is C12H13BrN4O. The Kier molecular flexibility index (Phi) is 4.11. The average Bonchev–Trinajstić information content (AvgIpc) is 2.28. The molecule has 0 saturated heterocycles. The zero-order valence-electron chi connectivity index (χ0n) is 9.85. The van der Waals surface area contributed by atoms with E-state index < -0.39 is 0 Å².